The van der Waals surface area contributed by atoms with Crippen molar-refractivity contribution in [2.24, 2.45) is 23.3 Å². The topological polar surface area (TPSA) is 110 Å². The average Bonchev–Trinajstić information content (AvgIpc) is 2.41. The third-order valence-electron chi connectivity index (χ3n) is 3.48. The van der Waals surface area contributed by atoms with Gasteiger partial charge in [0.2, 0.25) is 11.8 Å². The summed E-state index contributed by atoms with van der Waals surface area (Å²) in [6, 6.07) is -0.589. The highest BCUT2D eigenvalue weighted by Crippen LogP contribution is 2.09. The van der Waals surface area contributed by atoms with Crippen molar-refractivity contribution >= 4 is 11.8 Å². The molecule has 0 aromatic rings. The molecule has 6 nitrogen and oxygen atoms in total. The van der Waals surface area contributed by atoms with Crippen molar-refractivity contribution < 1.29 is 9.59 Å². The van der Waals surface area contributed by atoms with E-state index in [9.17, 15) is 9.59 Å². The lowest BCUT2D eigenvalue weighted by Gasteiger charge is -2.20. The Balaban J connectivity index is 4.20. The molecule has 0 aliphatic heterocycles. The molecule has 0 heterocycles. The van der Waals surface area contributed by atoms with Crippen LogP contribution in [0.25, 0.3) is 0 Å². The molecule has 2 amide bonds. The van der Waals surface area contributed by atoms with E-state index in [4.69, 9.17) is 11.5 Å². The van der Waals surface area contributed by atoms with Crippen LogP contribution >= 0.6 is 0 Å². The summed E-state index contributed by atoms with van der Waals surface area (Å²) in [6.45, 7) is 10.4. The lowest BCUT2D eigenvalue weighted by molar-refractivity contribution is -0.130. The fourth-order valence-electron chi connectivity index (χ4n) is 1.97. The number of allylic oxidation sites excluding steroid dienone is 1. The highest BCUT2D eigenvalue weighted by atomic mass is 16.2. The molecular weight excluding hydrogens is 280 g/mol. The number of rotatable bonds is 10. The molecule has 0 aromatic carbocycles. The summed E-state index contributed by atoms with van der Waals surface area (Å²) >= 11 is 0. The zero-order valence-corrected chi connectivity index (χ0v) is 14.5. The number of amides is 2. The Morgan fingerprint density at radius 2 is 1.68 bits per heavy atom. The fourth-order valence-corrected chi connectivity index (χ4v) is 1.97. The molecule has 128 valence electrons. The number of nitrogens with one attached hydrogen (secondary N) is 2. The molecule has 22 heavy (non-hydrogen) atoms. The van der Waals surface area contributed by atoms with Crippen molar-refractivity contribution in [2.45, 2.75) is 59.9 Å². The Hall–Kier alpha value is -1.72. The predicted molar refractivity (Wildman–Crippen MR) is 89.5 cm³/mol. The maximum absolute atomic E-state index is 12.1. The molecule has 0 aliphatic carbocycles. The molecule has 2 atom stereocenters. The highest BCUT2D eigenvalue weighted by Gasteiger charge is 2.22. The van der Waals surface area contributed by atoms with E-state index in [1.54, 1.807) is 0 Å². The van der Waals surface area contributed by atoms with Crippen molar-refractivity contribution in [2.75, 3.05) is 6.54 Å². The summed E-state index contributed by atoms with van der Waals surface area (Å²) in [4.78, 5) is 23.5. The molecule has 0 aliphatic rings. The molecule has 0 rings (SSSR count). The summed E-state index contributed by atoms with van der Waals surface area (Å²) in [5, 5.41) is 5.86. The minimum absolute atomic E-state index is 0.125. The standard InChI is InChI=1S/C16H32N4O2/c1-10(2)9-13(15(18)21)20-16(22)12(5)7-6-8-19-14(17)11(3)4/h10,12-13,19H,6-9,17H2,1-5H3,(H2,18,21)(H,20,22)/t12?,13-/m0/s1. The highest BCUT2D eigenvalue weighted by molar-refractivity contribution is 5.87. The van der Waals surface area contributed by atoms with E-state index in [-0.39, 0.29) is 11.8 Å². The van der Waals surface area contributed by atoms with E-state index in [0.717, 1.165) is 25.0 Å². The third-order valence-corrected chi connectivity index (χ3v) is 3.48. The summed E-state index contributed by atoms with van der Waals surface area (Å²) in [5.74, 6) is 0.211. The first-order chi connectivity index (χ1) is 10.1. The Bertz CT molecular complexity index is 401. The number of carbonyl (C=O) groups excluding carboxylic acids is 2. The minimum atomic E-state index is -0.589. The Kier molecular flexibility index (Phi) is 9.29. The smallest absolute Gasteiger partial charge is 0.240 e. The first kappa shape index (κ1) is 20.3. The maximum atomic E-state index is 12.1. The molecule has 0 saturated heterocycles. The second kappa shape index (κ2) is 10.1. The molecule has 0 bridgehead atoms. The number of hydrogen-bond acceptors (Lipinski definition) is 4. The van der Waals surface area contributed by atoms with Crippen molar-refractivity contribution in [1.29, 1.82) is 0 Å². The van der Waals surface area contributed by atoms with Crippen molar-refractivity contribution in [3.8, 4) is 0 Å². The molecule has 0 radical (unpaired) electrons. The number of nitrogens with two attached hydrogens (primary N) is 2. The lowest BCUT2D eigenvalue weighted by atomic mass is 10.0. The van der Waals surface area contributed by atoms with Crippen LogP contribution < -0.4 is 22.1 Å². The van der Waals surface area contributed by atoms with Crippen LogP contribution in [0, 0.1) is 11.8 Å². The van der Waals surface area contributed by atoms with E-state index in [1.165, 1.54) is 0 Å². The fraction of sp³-hybridized carbons (Fsp3) is 0.750. The average molecular weight is 312 g/mol. The number of primary amides is 1. The minimum Gasteiger partial charge on any atom is -0.386 e. The van der Waals surface area contributed by atoms with Gasteiger partial charge in [-0.25, -0.2) is 0 Å². The van der Waals surface area contributed by atoms with Crippen LogP contribution in [0.2, 0.25) is 0 Å². The van der Waals surface area contributed by atoms with Crippen LogP contribution in [0.1, 0.15) is 53.9 Å². The molecule has 1 unspecified atom stereocenters. The van der Waals surface area contributed by atoms with Gasteiger partial charge in [0.15, 0.2) is 0 Å². The van der Waals surface area contributed by atoms with Gasteiger partial charge >= 0.3 is 0 Å². The zero-order chi connectivity index (χ0) is 17.3. The normalized spacial score (nSPS) is 13.4. The molecule has 6 heteroatoms. The summed E-state index contributed by atoms with van der Waals surface area (Å²) in [5.41, 5.74) is 12.2. The van der Waals surface area contributed by atoms with Crippen molar-refractivity contribution in [3.05, 3.63) is 11.4 Å². The first-order valence-electron chi connectivity index (χ1n) is 7.91. The second-order valence-corrected chi connectivity index (χ2v) is 6.48. The Labute approximate surface area is 134 Å². The van der Waals surface area contributed by atoms with Crippen LogP contribution in [0.15, 0.2) is 11.4 Å². The monoisotopic (exact) mass is 312 g/mol. The molecule has 0 fully saturated rings. The van der Waals surface area contributed by atoms with Gasteiger partial charge in [0, 0.05) is 12.5 Å². The summed E-state index contributed by atoms with van der Waals surface area (Å²) in [7, 11) is 0. The van der Waals surface area contributed by atoms with Gasteiger partial charge in [-0.1, -0.05) is 20.8 Å². The number of hydrogen-bond donors (Lipinski definition) is 4. The molecule has 0 spiro atoms. The van der Waals surface area contributed by atoms with E-state index >= 15 is 0 Å². The predicted octanol–water partition coefficient (Wildman–Crippen LogP) is 1.22. The molecule has 0 saturated carbocycles. The maximum Gasteiger partial charge on any atom is 0.240 e. The van der Waals surface area contributed by atoms with Crippen LogP contribution in [0.3, 0.4) is 0 Å². The van der Waals surface area contributed by atoms with E-state index < -0.39 is 11.9 Å². The van der Waals surface area contributed by atoms with Gasteiger partial charge in [-0.2, -0.15) is 0 Å². The van der Waals surface area contributed by atoms with Crippen molar-refractivity contribution in [1.82, 2.24) is 10.6 Å². The Morgan fingerprint density at radius 3 is 2.14 bits per heavy atom. The number of carbonyl (C=O) groups is 2. The van der Waals surface area contributed by atoms with Crippen LogP contribution in [0.5, 0.6) is 0 Å². The lowest BCUT2D eigenvalue weighted by Crippen LogP contribution is -2.46. The summed E-state index contributed by atoms with van der Waals surface area (Å²) in [6.07, 6.45) is 2.11. The van der Waals surface area contributed by atoms with Crippen molar-refractivity contribution in [3.63, 3.8) is 0 Å². The molecule has 6 N–H and O–H groups in total. The van der Waals surface area contributed by atoms with Gasteiger partial charge in [-0.3, -0.25) is 9.59 Å². The largest absolute Gasteiger partial charge is 0.386 e. The van der Waals surface area contributed by atoms with E-state index in [2.05, 4.69) is 10.6 Å². The first-order valence-corrected chi connectivity index (χ1v) is 7.91. The van der Waals surface area contributed by atoms with Gasteiger partial charge in [0.1, 0.15) is 6.04 Å². The third kappa shape index (κ3) is 8.54. The van der Waals surface area contributed by atoms with Gasteiger partial charge in [0.05, 0.1) is 5.82 Å². The van der Waals surface area contributed by atoms with E-state index in [1.807, 2.05) is 34.6 Å². The quantitative estimate of drug-likeness (QED) is 0.454. The zero-order valence-electron chi connectivity index (χ0n) is 14.5. The van der Waals surface area contributed by atoms with Crippen LogP contribution in [-0.2, 0) is 9.59 Å². The Morgan fingerprint density at radius 1 is 1.09 bits per heavy atom. The van der Waals surface area contributed by atoms with Gasteiger partial charge in [-0.15, -0.1) is 0 Å². The van der Waals surface area contributed by atoms with E-state index in [0.29, 0.717) is 18.2 Å². The molecular formula is C16H32N4O2. The van der Waals surface area contributed by atoms with Crippen LogP contribution in [0.4, 0.5) is 0 Å². The SMILES string of the molecule is CC(C)=C(N)NCCCC(C)C(=O)N[C@@H](CC(C)C)C(N)=O. The van der Waals surface area contributed by atoms with Crippen LogP contribution in [-0.4, -0.2) is 24.4 Å². The van der Waals surface area contributed by atoms with Gasteiger partial charge in [-0.05, 0) is 44.6 Å². The van der Waals surface area contributed by atoms with Gasteiger partial charge in [0.25, 0.3) is 0 Å². The van der Waals surface area contributed by atoms with Gasteiger partial charge < -0.3 is 22.1 Å². The summed E-state index contributed by atoms with van der Waals surface area (Å²) < 4.78 is 0. The molecule has 0 aromatic heterocycles. The second-order valence-electron chi connectivity index (χ2n) is 6.48.